The molecule has 0 aliphatic rings. The zero-order valence-corrected chi connectivity index (χ0v) is 12.8. The van der Waals surface area contributed by atoms with Gasteiger partial charge in [0, 0.05) is 6.54 Å². The summed E-state index contributed by atoms with van der Waals surface area (Å²) in [5, 5.41) is 0.236. The van der Waals surface area contributed by atoms with Crippen molar-refractivity contribution >= 4 is 27.3 Å². The lowest BCUT2D eigenvalue weighted by Crippen LogP contribution is -2.15. The molecule has 0 heterocycles. The molecule has 0 fully saturated rings. The van der Waals surface area contributed by atoms with Gasteiger partial charge >= 0.3 is 0 Å². The molecule has 0 saturated carbocycles. The van der Waals surface area contributed by atoms with Gasteiger partial charge in [0.1, 0.15) is 10.7 Å². The molecule has 21 heavy (non-hydrogen) atoms. The normalized spacial score (nSPS) is 11.4. The topological polar surface area (TPSA) is 72.2 Å². The van der Waals surface area contributed by atoms with E-state index in [1.54, 1.807) is 25.1 Å². The minimum absolute atomic E-state index is 0.119. The fraction of sp³-hybridized carbons (Fsp3) is 0.143. The highest BCUT2D eigenvalue weighted by molar-refractivity contribution is 7.92. The zero-order chi connectivity index (χ0) is 15.6. The van der Waals surface area contributed by atoms with Crippen molar-refractivity contribution in [2.24, 2.45) is 5.73 Å². The Balaban J connectivity index is 2.45. The Morgan fingerprint density at radius 2 is 1.95 bits per heavy atom. The lowest BCUT2D eigenvalue weighted by molar-refractivity contribution is 0.569. The summed E-state index contributed by atoms with van der Waals surface area (Å²) < 4.78 is 40.7. The van der Waals surface area contributed by atoms with Gasteiger partial charge < -0.3 is 5.73 Å². The van der Waals surface area contributed by atoms with Crippen molar-refractivity contribution in [2.75, 3.05) is 4.72 Å². The summed E-state index contributed by atoms with van der Waals surface area (Å²) in [4.78, 5) is -0.456. The average Bonchev–Trinajstić information content (AvgIpc) is 2.43. The van der Waals surface area contributed by atoms with E-state index in [1.807, 2.05) is 0 Å². The van der Waals surface area contributed by atoms with Crippen LogP contribution in [0.4, 0.5) is 10.1 Å². The van der Waals surface area contributed by atoms with Gasteiger partial charge in [-0.05, 0) is 42.3 Å². The molecule has 0 unspecified atom stereocenters. The number of sulfonamides is 1. The van der Waals surface area contributed by atoms with Crippen LogP contribution in [-0.2, 0) is 16.6 Å². The Bertz CT molecular complexity index is 779. The quantitative estimate of drug-likeness (QED) is 0.906. The van der Waals surface area contributed by atoms with Gasteiger partial charge in [-0.2, -0.15) is 0 Å². The molecule has 0 amide bonds. The molecule has 112 valence electrons. The third-order valence-electron chi connectivity index (χ3n) is 2.89. The predicted molar refractivity (Wildman–Crippen MR) is 81.3 cm³/mol. The van der Waals surface area contributed by atoms with Crippen LogP contribution in [-0.4, -0.2) is 8.42 Å². The maximum absolute atomic E-state index is 13.8. The van der Waals surface area contributed by atoms with Crippen LogP contribution in [0.1, 0.15) is 11.1 Å². The van der Waals surface area contributed by atoms with Crippen LogP contribution in [0.15, 0.2) is 41.3 Å². The first kappa shape index (κ1) is 15.8. The number of hydrogen-bond donors (Lipinski definition) is 2. The monoisotopic (exact) mass is 328 g/mol. The van der Waals surface area contributed by atoms with E-state index in [-0.39, 0.29) is 17.3 Å². The molecule has 0 saturated heterocycles. The predicted octanol–water partition coefficient (Wildman–Crippen LogP) is 3.05. The summed E-state index contributed by atoms with van der Waals surface area (Å²) in [7, 11) is -4.08. The molecule has 0 atom stereocenters. The number of hydrogen-bond acceptors (Lipinski definition) is 3. The highest BCUT2D eigenvalue weighted by atomic mass is 35.5. The smallest absolute Gasteiger partial charge is 0.264 e. The first-order valence-corrected chi connectivity index (χ1v) is 7.97. The summed E-state index contributed by atoms with van der Waals surface area (Å²) in [6.07, 6.45) is 0. The fourth-order valence-corrected chi connectivity index (χ4v) is 3.22. The number of benzene rings is 2. The van der Waals surface area contributed by atoms with E-state index in [2.05, 4.69) is 4.72 Å². The Morgan fingerprint density at radius 3 is 2.62 bits per heavy atom. The third kappa shape index (κ3) is 3.53. The van der Waals surface area contributed by atoms with Gasteiger partial charge in [-0.25, -0.2) is 12.8 Å². The second-order valence-corrected chi connectivity index (χ2v) is 6.62. The molecule has 3 N–H and O–H groups in total. The maximum Gasteiger partial charge on any atom is 0.264 e. The SMILES string of the molecule is Cc1ccc(Cl)c(NS(=O)(=O)c2cc(CN)ccc2F)c1. The Labute approximate surface area is 127 Å². The summed E-state index contributed by atoms with van der Waals surface area (Å²) in [5.74, 6) is -0.844. The van der Waals surface area contributed by atoms with Gasteiger partial charge in [0.2, 0.25) is 0 Å². The highest BCUT2D eigenvalue weighted by Crippen LogP contribution is 2.26. The van der Waals surface area contributed by atoms with E-state index >= 15 is 0 Å². The molecule has 0 bridgehead atoms. The second-order valence-electron chi connectivity index (χ2n) is 4.56. The molecular weight excluding hydrogens is 315 g/mol. The summed E-state index contributed by atoms with van der Waals surface area (Å²) in [5.41, 5.74) is 7.00. The fourth-order valence-electron chi connectivity index (χ4n) is 1.80. The zero-order valence-electron chi connectivity index (χ0n) is 11.2. The van der Waals surface area contributed by atoms with Crippen LogP contribution in [0.2, 0.25) is 5.02 Å². The first-order chi connectivity index (χ1) is 9.83. The number of nitrogens with one attached hydrogen (secondary N) is 1. The van der Waals surface area contributed by atoms with Crippen molar-refractivity contribution in [1.29, 1.82) is 0 Å². The minimum atomic E-state index is -4.08. The third-order valence-corrected chi connectivity index (χ3v) is 4.60. The van der Waals surface area contributed by atoms with Crippen LogP contribution in [0.25, 0.3) is 0 Å². The molecule has 0 aliphatic heterocycles. The number of anilines is 1. The van der Waals surface area contributed by atoms with Gasteiger partial charge in [0.05, 0.1) is 10.7 Å². The van der Waals surface area contributed by atoms with Crippen molar-refractivity contribution in [3.63, 3.8) is 0 Å². The van der Waals surface area contributed by atoms with E-state index in [1.165, 1.54) is 12.1 Å². The highest BCUT2D eigenvalue weighted by Gasteiger charge is 2.20. The van der Waals surface area contributed by atoms with E-state index in [9.17, 15) is 12.8 Å². The van der Waals surface area contributed by atoms with Crippen molar-refractivity contribution in [3.05, 3.63) is 58.4 Å². The van der Waals surface area contributed by atoms with E-state index in [0.717, 1.165) is 11.6 Å². The van der Waals surface area contributed by atoms with Gasteiger partial charge in [-0.15, -0.1) is 0 Å². The van der Waals surface area contributed by atoms with Crippen LogP contribution in [0.5, 0.6) is 0 Å². The molecule has 4 nitrogen and oxygen atoms in total. The van der Waals surface area contributed by atoms with Crippen molar-refractivity contribution in [2.45, 2.75) is 18.4 Å². The summed E-state index contributed by atoms with van der Waals surface area (Å²) in [6, 6.07) is 8.62. The number of nitrogens with two attached hydrogens (primary N) is 1. The molecule has 2 aromatic rings. The van der Waals surface area contributed by atoms with E-state index in [0.29, 0.717) is 5.56 Å². The molecular formula is C14H14ClFN2O2S. The molecule has 0 spiro atoms. The van der Waals surface area contributed by atoms with E-state index in [4.69, 9.17) is 17.3 Å². The van der Waals surface area contributed by atoms with E-state index < -0.39 is 20.7 Å². The van der Waals surface area contributed by atoms with Gasteiger partial charge in [-0.3, -0.25) is 4.72 Å². The lowest BCUT2D eigenvalue weighted by Gasteiger charge is -2.12. The average molecular weight is 329 g/mol. The minimum Gasteiger partial charge on any atom is -0.326 e. The van der Waals surface area contributed by atoms with Crippen LogP contribution in [0.3, 0.4) is 0 Å². The van der Waals surface area contributed by atoms with Crippen molar-refractivity contribution < 1.29 is 12.8 Å². The number of rotatable bonds is 4. The van der Waals surface area contributed by atoms with Crippen LogP contribution < -0.4 is 10.5 Å². The van der Waals surface area contributed by atoms with Crippen LogP contribution in [0, 0.1) is 12.7 Å². The van der Waals surface area contributed by atoms with Gasteiger partial charge in [0.25, 0.3) is 10.0 Å². The largest absolute Gasteiger partial charge is 0.326 e. The summed E-state index contributed by atoms with van der Waals surface area (Å²) >= 11 is 5.95. The van der Waals surface area contributed by atoms with Crippen LogP contribution >= 0.6 is 11.6 Å². The lowest BCUT2D eigenvalue weighted by atomic mass is 10.2. The Kier molecular flexibility index (Phi) is 4.51. The molecule has 2 aromatic carbocycles. The number of halogens is 2. The molecule has 0 radical (unpaired) electrons. The summed E-state index contributed by atoms with van der Waals surface area (Å²) in [6.45, 7) is 1.91. The maximum atomic E-state index is 13.8. The molecule has 0 aromatic heterocycles. The second kappa shape index (κ2) is 6.01. The van der Waals surface area contributed by atoms with Gasteiger partial charge in [-0.1, -0.05) is 23.7 Å². The Hall–Kier alpha value is -1.63. The number of aryl methyl sites for hydroxylation is 1. The molecule has 7 heteroatoms. The van der Waals surface area contributed by atoms with Crippen molar-refractivity contribution in [3.8, 4) is 0 Å². The van der Waals surface area contributed by atoms with Gasteiger partial charge in [0.15, 0.2) is 0 Å². The van der Waals surface area contributed by atoms with Crippen molar-refractivity contribution in [1.82, 2.24) is 0 Å². The first-order valence-electron chi connectivity index (χ1n) is 6.11. The standard InChI is InChI=1S/C14H14ClFN2O2S/c1-9-2-4-11(15)13(6-9)18-21(19,20)14-7-10(8-17)3-5-12(14)16/h2-7,18H,8,17H2,1H3. The Morgan fingerprint density at radius 1 is 1.24 bits per heavy atom. The molecule has 2 rings (SSSR count). The molecule has 0 aliphatic carbocycles.